The summed E-state index contributed by atoms with van der Waals surface area (Å²) in [5, 5.41) is 0. The van der Waals surface area contributed by atoms with Crippen LogP contribution in [0.1, 0.15) is 115 Å². The van der Waals surface area contributed by atoms with Crippen molar-refractivity contribution < 1.29 is 28.5 Å². The summed E-state index contributed by atoms with van der Waals surface area (Å²) >= 11 is 0. The summed E-state index contributed by atoms with van der Waals surface area (Å²) in [6.45, 7) is 26.3. The molecule has 6 heteroatoms. The molecule has 0 spiro atoms. The number of Topliss-reactive ketones (excluding diaryl/α,β-unsaturated/α-hetero) is 1. The summed E-state index contributed by atoms with van der Waals surface area (Å²) < 4.78 is 33.6. The zero-order chi connectivity index (χ0) is 29.9. The Morgan fingerprint density at radius 2 is 1.02 bits per heavy atom. The van der Waals surface area contributed by atoms with Gasteiger partial charge in [-0.15, -0.1) is 0 Å². The smallest absolute Gasteiger partial charge is 0.161 e. The lowest BCUT2D eigenvalue weighted by Gasteiger charge is -2.51. The number of ether oxygens (including phenoxy) is 5. The van der Waals surface area contributed by atoms with Crippen LogP contribution in [0.5, 0.6) is 0 Å². The Balaban J connectivity index is 1.68. The van der Waals surface area contributed by atoms with E-state index in [-0.39, 0.29) is 72.7 Å². The van der Waals surface area contributed by atoms with Crippen molar-refractivity contribution in [2.24, 2.45) is 47.3 Å². The molecule has 0 aromatic heterocycles. The lowest BCUT2D eigenvalue weighted by atomic mass is 9.77. The van der Waals surface area contributed by atoms with E-state index >= 15 is 0 Å². The molecule has 0 N–H and O–H groups in total. The molecule has 6 nitrogen and oxygen atoms in total. The van der Waals surface area contributed by atoms with Gasteiger partial charge in [0.25, 0.3) is 0 Å². The second kappa shape index (κ2) is 14.8. The number of ketones is 1. The number of carbonyl (C=O) groups excluding carboxylic acids is 1. The average Bonchev–Trinajstić information content (AvgIpc) is 2.94. The van der Waals surface area contributed by atoms with Gasteiger partial charge in [0.1, 0.15) is 5.78 Å². The van der Waals surface area contributed by atoms with Gasteiger partial charge in [-0.2, -0.15) is 0 Å². The van der Waals surface area contributed by atoms with Crippen LogP contribution in [0.15, 0.2) is 0 Å². The van der Waals surface area contributed by atoms with E-state index in [1.807, 2.05) is 6.92 Å². The standard InChI is InChI=1S/C34H62O6/c1-13-27-20(6)19(5)24(10)33(37-27)40-32-23(9)25(11)34(38-29(32)15-3)39-31-22(8)21(7)30(36-28(31)14-2)17-16-18(4)26(12)35/h18-25,27-34H,13-17H2,1-12H3/t18?,19-,20+,21?,22+,23+,24?,25?,27?,28?,29?,30?,31+,32+,33-,34-/m0/s1. The molecule has 3 aliphatic heterocycles. The predicted molar refractivity (Wildman–Crippen MR) is 160 cm³/mol. The molecule has 0 amide bonds. The van der Waals surface area contributed by atoms with Gasteiger partial charge < -0.3 is 23.7 Å². The van der Waals surface area contributed by atoms with Gasteiger partial charge >= 0.3 is 0 Å². The minimum absolute atomic E-state index is 0.0227. The normalized spacial score (nSPS) is 47.1. The largest absolute Gasteiger partial charge is 0.372 e. The van der Waals surface area contributed by atoms with Crippen molar-refractivity contribution in [3.63, 3.8) is 0 Å². The van der Waals surface area contributed by atoms with E-state index in [1.165, 1.54) is 0 Å². The Hall–Kier alpha value is -0.530. The van der Waals surface area contributed by atoms with Gasteiger partial charge in [0, 0.05) is 17.8 Å². The van der Waals surface area contributed by atoms with Crippen molar-refractivity contribution in [1.82, 2.24) is 0 Å². The van der Waals surface area contributed by atoms with Crippen molar-refractivity contribution in [3.8, 4) is 0 Å². The molecule has 16 atom stereocenters. The van der Waals surface area contributed by atoms with E-state index in [1.54, 1.807) is 6.92 Å². The Kier molecular flexibility index (Phi) is 12.5. The molecule has 0 radical (unpaired) electrons. The lowest BCUT2D eigenvalue weighted by Crippen LogP contribution is -2.57. The molecule has 0 saturated carbocycles. The van der Waals surface area contributed by atoms with E-state index in [0.717, 1.165) is 32.1 Å². The number of hydrogen-bond donors (Lipinski definition) is 0. The zero-order valence-corrected chi connectivity index (χ0v) is 27.7. The van der Waals surface area contributed by atoms with Crippen LogP contribution in [-0.2, 0) is 28.5 Å². The van der Waals surface area contributed by atoms with Gasteiger partial charge in [0.2, 0.25) is 0 Å². The summed E-state index contributed by atoms with van der Waals surface area (Å²) in [7, 11) is 0. The van der Waals surface area contributed by atoms with E-state index in [0.29, 0.717) is 29.6 Å². The van der Waals surface area contributed by atoms with E-state index in [2.05, 4.69) is 69.2 Å². The molecule has 234 valence electrons. The maximum absolute atomic E-state index is 11.8. The summed E-state index contributed by atoms with van der Waals surface area (Å²) in [5.74, 6) is 2.90. The predicted octanol–water partition coefficient (Wildman–Crippen LogP) is 7.66. The highest BCUT2D eigenvalue weighted by Gasteiger charge is 2.49. The average molecular weight is 567 g/mol. The molecule has 3 fully saturated rings. The van der Waals surface area contributed by atoms with Gasteiger partial charge in [0.15, 0.2) is 12.6 Å². The number of carbonyl (C=O) groups is 1. The monoisotopic (exact) mass is 566 g/mol. The summed E-state index contributed by atoms with van der Waals surface area (Å²) in [6, 6.07) is 0. The SMILES string of the molecule is CCC1O[C@@H](O[C@H]2C(CC)O[C@@H](O[C@H]3C(CC)OC(CCC(C)C(C)=O)C(C)[C@H]3C)C(C)[C@H]2C)C(C)[C@@H](C)[C@H]1C. The summed E-state index contributed by atoms with van der Waals surface area (Å²) in [4.78, 5) is 11.8. The van der Waals surface area contributed by atoms with Crippen LogP contribution in [-0.4, -0.2) is 55.0 Å². The Morgan fingerprint density at radius 1 is 0.600 bits per heavy atom. The zero-order valence-electron chi connectivity index (χ0n) is 27.7. The summed E-state index contributed by atoms with van der Waals surface area (Å²) in [6.07, 6.45) is 4.38. The van der Waals surface area contributed by atoms with Crippen LogP contribution in [0.25, 0.3) is 0 Å². The van der Waals surface area contributed by atoms with Crippen LogP contribution in [0.4, 0.5) is 0 Å². The molecule has 40 heavy (non-hydrogen) atoms. The number of rotatable bonds is 11. The highest BCUT2D eigenvalue weighted by Crippen LogP contribution is 2.43. The van der Waals surface area contributed by atoms with Crippen LogP contribution >= 0.6 is 0 Å². The first-order valence-electron chi connectivity index (χ1n) is 16.6. The highest BCUT2D eigenvalue weighted by atomic mass is 16.7. The molecular weight excluding hydrogens is 504 g/mol. The quantitative estimate of drug-likeness (QED) is 0.256. The van der Waals surface area contributed by atoms with Crippen molar-refractivity contribution in [2.45, 2.75) is 164 Å². The maximum atomic E-state index is 11.8. The van der Waals surface area contributed by atoms with E-state index in [9.17, 15) is 4.79 Å². The van der Waals surface area contributed by atoms with Gasteiger partial charge in [-0.05, 0) is 68.6 Å². The Morgan fingerprint density at radius 3 is 1.52 bits per heavy atom. The first-order valence-corrected chi connectivity index (χ1v) is 16.6. The van der Waals surface area contributed by atoms with Crippen molar-refractivity contribution in [3.05, 3.63) is 0 Å². The molecule has 0 bridgehead atoms. The topological polar surface area (TPSA) is 63.2 Å². The first kappa shape index (κ1) is 34.0. The third kappa shape index (κ3) is 7.33. The fourth-order valence-corrected chi connectivity index (χ4v) is 7.27. The molecule has 0 aliphatic carbocycles. The first-order chi connectivity index (χ1) is 18.9. The molecule has 0 aromatic rings. The molecule has 3 rings (SSSR count). The fourth-order valence-electron chi connectivity index (χ4n) is 7.27. The maximum Gasteiger partial charge on any atom is 0.161 e. The minimum atomic E-state index is -0.293. The molecular formula is C34H62O6. The van der Waals surface area contributed by atoms with Crippen LogP contribution in [0, 0.1) is 47.3 Å². The molecule has 8 unspecified atom stereocenters. The Labute approximate surface area is 245 Å². The molecule has 3 aliphatic rings. The van der Waals surface area contributed by atoms with Crippen molar-refractivity contribution in [2.75, 3.05) is 0 Å². The fraction of sp³-hybridized carbons (Fsp3) is 0.971. The van der Waals surface area contributed by atoms with Gasteiger partial charge in [-0.25, -0.2) is 0 Å². The van der Waals surface area contributed by atoms with E-state index < -0.39 is 0 Å². The third-order valence-corrected chi connectivity index (χ3v) is 11.5. The second-order valence-corrected chi connectivity index (χ2v) is 13.8. The second-order valence-electron chi connectivity index (χ2n) is 13.8. The van der Waals surface area contributed by atoms with Crippen molar-refractivity contribution >= 4 is 5.78 Å². The van der Waals surface area contributed by atoms with Gasteiger partial charge in [0.05, 0.1) is 36.6 Å². The lowest BCUT2D eigenvalue weighted by molar-refractivity contribution is -0.340. The Bertz CT molecular complexity index is 782. The molecule has 3 heterocycles. The van der Waals surface area contributed by atoms with Crippen molar-refractivity contribution in [1.29, 1.82) is 0 Å². The van der Waals surface area contributed by atoms with Gasteiger partial charge in [-0.1, -0.05) is 76.2 Å². The summed E-state index contributed by atoms with van der Waals surface area (Å²) in [5.41, 5.74) is 0. The van der Waals surface area contributed by atoms with Crippen LogP contribution < -0.4 is 0 Å². The molecule has 3 saturated heterocycles. The highest BCUT2D eigenvalue weighted by molar-refractivity contribution is 5.77. The van der Waals surface area contributed by atoms with Gasteiger partial charge in [-0.3, -0.25) is 4.79 Å². The van der Waals surface area contributed by atoms with Crippen LogP contribution in [0.2, 0.25) is 0 Å². The number of hydrogen-bond acceptors (Lipinski definition) is 6. The van der Waals surface area contributed by atoms with Crippen LogP contribution in [0.3, 0.4) is 0 Å². The van der Waals surface area contributed by atoms with E-state index in [4.69, 9.17) is 23.7 Å². The molecule has 0 aromatic carbocycles. The minimum Gasteiger partial charge on any atom is -0.372 e. The third-order valence-electron chi connectivity index (χ3n) is 11.5.